The first-order chi connectivity index (χ1) is 13.1. The van der Waals surface area contributed by atoms with Gasteiger partial charge in [0.05, 0.1) is 18.0 Å². The highest BCUT2D eigenvalue weighted by atomic mass is 16.5. The number of nitrogens with one attached hydrogen (secondary N) is 1. The second-order valence-corrected chi connectivity index (χ2v) is 8.02. The average Bonchev–Trinajstić information content (AvgIpc) is 2.93. The van der Waals surface area contributed by atoms with Crippen LogP contribution in [-0.2, 0) is 9.53 Å². The fourth-order valence-electron chi connectivity index (χ4n) is 4.08. The Kier molecular flexibility index (Phi) is 6.94. The maximum Gasteiger partial charge on any atom is 0.225 e. The Morgan fingerprint density at radius 3 is 2.85 bits per heavy atom. The second kappa shape index (κ2) is 9.40. The summed E-state index contributed by atoms with van der Waals surface area (Å²) in [4.78, 5) is 21.5. The Bertz CT molecular complexity index is 605. The molecule has 3 heterocycles. The smallest absolute Gasteiger partial charge is 0.225 e. The van der Waals surface area contributed by atoms with E-state index in [1.54, 1.807) is 0 Å². The van der Waals surface area contributed by atoms with E-state index in [1.807, 2.05) is 31.3 Å². The van der Waals surface area contributed by atoms with E-state index in [2.05, 4.69) is 28.2 Å². The largest absolute Gasteiger partial charge is 0.381 e. The van der Waals surface area contributed by atoms with Crippen molar-refractivity contribution in [3.05, 3.63) is 18.3 Å². The number of nitrogens with zero attached hydrogens (tertiary/aromatic N) is 3. The van der Waals surface area contributed by atoms with Gasteiger partial charge < -0.3 is 19.9 Å². The number of rotatable bonds is 5. The molecule has 1 amide bonds. The number of pyridine rings is 1. The molecule has 1 aromatic heterocycles. The van der Waals surface area contributed by atoms with Crippen LogP contribution in [0.2, 0.25) is 0 Å². The highest BCUT2D eigenvalue weighted by Gasteiger charge is 2.31. The lowest BCUT2D eigenvalue weighted by molar-refractivity contribution is -0.140. The molecule has 3 atom stereocenters. The molecule has 0 saturated carbocycles. The molecule has 2 fully saturated rings. The standard InChI is InChI=1S/C21H34N4O2/c1-4-19-14-16(10-13-27-19)21(26)25-11-5-6-17(9-12-25)23-18-7-8-20(22-15-18)24(2)3/h7-8,15-17,19,23H,4-6,9-14H2,1-3H3/t16-,17-,19+/m0/s1. The predicted molar refractivity (Wildman–Crippen MR) is 109 cm³/mol. The Balaban J connectivity index is 1.51. The molecule has 0 bridgehead atoms. The van der Waals surface area contributed by atoms with Crippen molar-refractivity contribution >= 4 is 17.4 Å². The van der Waals surface area contributed by atoms with Crippen molar-refractivity contribution in [2.75, 3.05) is 44.0 Å². The number of carbonyl (C=O) groups is 1. The van der Waals surface area contributed by atoms with Gasteiger partial charge in [0.1, 0.15) is 5.82 Å². The van der Waals surface area contributed by atoms with Gasteiger partial charge in [0, 0.05) is 45.8 Å². The minimum Gasteiger partial charge on any atom is -0.381 e. The first-order valence-electron chi connectivity index (χ1n) is 10.4. The summed E-state index contributed by atoms with van der Waals surface area (Å²) in [6.45, 7) is 4.58. The minimum absolute atomic E-state index is 0.149. The number of anilines is 2. The molecule has 0 radical (unpaired) electrons. The monoisotopic (exact) mass is 374 g/mol. The van der Waals surface area contributed by atoms with E-state index in [0.29, 0.717) is 11.9 Å². The van der Waals surface area contributed by atoms with Crippen LogP contribution in [0.25, 0.3) is 0 Å². The zero-order valence-electron chi connectivity index (χ0n) is 17.0. The molecule has 0 spiro atoms. The molecule has 2 aliphatic heterocycles. The Morgan fingerprint density at radius 2 is 2.15 bits per heavy atom. The molecule has 27 heavy (non-hydrogen) atoms. The summed E-state index contributed by atoms with van der Waals surface area (Å²) in [6.07, 6.45) is 8.03. The number of ether oxygens (including phenoxy) is 1. The van der Waals surface area contributed by atoms with Crippen molar-refractivity contribution in [3.63, 3.8) is 0 Å². The van der Waals surface area contributed by atoms with Crippen LogP contribution in [-0.4, -0.2) is 61.7 Å². The SMILES string of the molecule is CC[C@@H]1C[C@@H](C(=O)N2CCC[C@H](Nc3ccc(N(C)C)nc3)CC2)CCO1. The van der Waals surface area contributed by atoms with Gasteiger partial charge in [0.25, 0.3) is 0 Å². The number of hydrogen-bond donors (Lipinski definition) is 1. The van der Waals surface area contributed by atoms with Crippen molar-refractivity contribution in [2.24, 2.45) is 5.92 Å². The lowest BCUT2D eigenvalue weighted by Crippen LogP contribution is -2.41. The van der Waals surface area contributed by atoms with Gasteiger partial charge in [-0.05, 0) is 50.7 Å². The van der Waals surface area contributed by atoms with Crippen molar-refractivity contribution in [2.45, 2.75) is 57.6 Å². The molecule has 2 aliphatic rings. The quantitative estimate of drug-likeness (QED) is 0.858. The summed E-state index contributed by atoms with van der Waals surface area (Å²) in [5.74, 6) is 1.45. The van der Waals surface area contributed by atoms with Crippen LogP contribution in [0.4, 0.5) is 11.5 Å². The Hall–Kier alpha value is -1.82. The van der Waals surface area contributed by atoms with E-state index in [9.17, 15) is 4.79 Å². The number of aromatic nitrogens is 1. The van der Waals surface area contributed by atoms with Gasteiger partial charge in [0.2, 0.25) is 5.91 Å². The number of carbonyl (C=O) groups excluding carboxylic acids is 1. The first-order valence-corrected chi connectivity index (χ1v) is 10.4. The summed E-state index contributed by atoms with van der Waals surface area (Å²) < 4.78 is 5.74. The summed E-state index contributed by atoms with van der Waals surface area (Å²) in [7, 11) is 3.99. The molecule has 6 nitrogen and oxygen atoms in total. The fraction of sp³-hybridized carbons (Fsp3) is 0.714. The van der Waals surface area contributed by atoms with Crippen molar-refractivity contribution in [3.8, 4) is 0 Å². The van der Waals surface area contributed by atoms with Crippen LogP contribution in [0.3, 0.4) is 0 Å². The maximum absolute atomic E-state index is 13.0. The molecule has 150 valence electrons. The van der Waals surface area contributed by atoms with Crippen LogP contribution in [0.15, 0.2) is 18.3 Å². The highest BCUT2D eigenvalue weighted by molar-refractivity contribution is 5.79. The highest BCUT2D eigenvalue weighted by Crippen LogP contribution is 2.26. The van der Waals surface area contributed by atoms with Crippen LogP contribution < -0.4 is 10.2 Å². The third-order valence-electron chi connectivity index (χ3n) is 5.79. The Morgan fingerprint density at radius 1 is 1.30 bits per heavy atom. The number of amides is 1. The molecular formula is C21H34N4O2. The molecule has 6 heteroatoms. The van der Waals surface area contributed by atoms with Crippen LogP contribution in [0, 0.1) is 5.92 Å². The summed E-state index contributed by atoms with van der Waals surface area (Å²) in [5, 5.41) is 3.60. The number of likely N-dealkylation sites (tertiary alicyclic amines) is 1. The summed E-state index contributed by atoms with van der Waals surface area (Å²) >= 11 is 0. The van der Waals surface area contributed by atoms with Gasteiger partial charge in [-0.3, -0.25) is 4.79 Å². The third-order valence-corrected chi connectivity index (χ3v) is 5.79. The number of hydrogen-bond acceptors (Lipinski definition) is 5. The molecule has 3 rings (SSSR count). The zero-order valence-corrected chi connectivity index (χ0v) is 17.0. The fourth-order valence-corrected chi connectivity index (χ4v) is 4.08. The van der Waals surface area contributed by atoms with E-state index >= 15 is 0 Å². The second-order valence-electron chi connectivity index (χ2n) is 8.02. The summed E-state index contributed by atoms with van der Waals surface area (Å²) in [5.41, 5.74) is 1.06. The predicted octanol–water partition coefficient (Wildman–Crippen LogP) is 3.15. The molecule has 2 saturated heterocycles. The topological polar surface area (TPSA) is 57.7 Å². The lowest BCUT2D eigenvalue weighted by atomic mass is 9.93. The van der Waals surface area contributed by atoms with Crippen LogP contribution in [0.1, 0.15) is 45.4 Å². The van der Waals surface area contributed by atoms with Gasteiger partial charge in [-0.25, -0.2) is 4.98 Å². The van der Waals surface area contributed by atoms with Gasteiger partial charge in [-0.2, -0.15) is 0 Å². The Labute approximate surface area is 163 Å². The van der Waals surface area contributed by atoms with Gasteiger partial charge in [-0.15, -0.1) is 0 Å². The first kappa shape index (κ1) is 19.9. The molecule has 1 aromatic rings. The van der Waals surface area contributed by atoms with E-state index in [0.717, 1.165) is 69.7 Å². The minimum atomic E-state index is 0.149. The van der Waals surface area contributed by atoms with Gasteiger partial charge >= 0.3 is 0 Å². The third kappa shape index (κ3) is 5.34. The van der Waals surface area contributed by atoms with Gasteiger partial charge in [0.15, 0.2) is 0 Å². The van der Waals surface area contributed by atoms with E-state index in [-0.39, 0.29) is 12.0 Å². The normalized spacial score (nSPS) is 26.3. The van der Waals surface area contributed by atoms with E-state index in [1.165, 1.54) is 0 Å². The van der Waals surface area contributed by atoms with Crippen LogP contribution in [0.5, 0.6) is 0 Å². The summed E-state index contributed by atoms with van der Waals surface area (Å²) in [6, 6.07) is 4.51. The van der Waals surface area contributed by atoms with E-state index < -0.39 is 0 Å². The molecule has 0 unspecified atom stereocenters. The molecule has 0 aliphatic carbocycles. The maximum atomic E-state index is 13.0. The van der Waals surface area contributed by atoms with Crippen molar-refractivity contribution < 1.29 is 9.53 Å². The van der Waals surface area contributed by atoms with E-state index in [4.69, 9.17) is 4.74 Å². The van der Waals surface area contributed by atoms with Crippen molar-refractivity contribution in [1.82, 2.24) is 9.88 Å². The zero-order chi connectivity index (χ0) is 19.2. The molecule has 1 N–H and O–H groups in total. The molecular weight excluding hydrogens is 340 g/mol. The lowest BCUT2D eigenvalue weighted by Gasteiger charge is -2.32. The van der Waals surface area contributed by atoms with Crippen LogP contribution >= 0.6 is 0 Å². The van der Waals surface area contributed by atoms with Gasteiger partial charge in [-0.1, -0.05) is 6.92 Å². The molecule has 0 aromatic carbocycles. The van der Waals surface area contributed by atoms with Crippen molar-refractivity contribution in [1.29, 1.82) is 0 Å². The average molecular weight is 375 g/mol.